The molecule has 0 spiro atoms. The average Bonchev–Trinajstić information content (AvgIpc) is 2.30. The lowest BCUT2D eigenvalue weighted by Gasteiger charge is -2.21. The van der Waals surface area contributed by atoms with Crippen molar-refractivity contribution in [2.75, 3.05) is 0 Å². The predicted octanol–water partition coefficient (Wildman–Crippen LogP) is 3.96. The molecular weight excluding hydrogens is 188 g/mol. The van der Waals surface area contributed by atoms with Crippen molar-refractivity contribution in [3.05, 3.63) is 35.4 Å². The van der Waals surface area contributed by atoms with Crippen molar-refractivity contribution in [3.63, 3.8) is 0 Å². The lowest BCUT2D eigenvalue weighted by Crippen LogP contribution is -2.04. The molecule has 1 radical (unpaired) electrons. The van der Waals surface area contributed by atoms with E-state index in [0.717, 1.165) is 11.5 Å². The Labute approximate surface area is 91.3 Å². The summed E-state index contributed by atoms with van der Waals surface area (Å²) in [7, 11) is 0. The van der Waals surface area contributed by atoms with E-state index in [1.807, 2.05) is 0 Å². The Balaban J connectivity index is 2.11. The van der Waals surface area contributed by atoms with Crippen LogP contribution in [0.25, 0.3) is 0 Å². The minimum Gasteiger partial charge on any atom is -0.0778 e. The van der Waals surface area contributed by atoms with Crippen LogP contribution in [0.2, 0.25) is 0 Å². The van der Waals surface area contributed by atoms with Gasteiger partial charge < -0.3 is 0 Å². The summed E-state index contributed by atoms with van der Waals surface area (Å²) in [6.45, 7) is 0. The number of hydrogen-bond donors (Lipinski definition) is 0. The standard InChI is InChI=1S/C13H15S/c14-10-11-6-8-13(9-7-11)12-4-2-1-3-5-12/h6-9,12H,1-5H2. The normalized spacial score (nSPS) is 18.0. The summed E-state index contributed by atoms with van der Waals surface area (Å²) in [5.41, 5.74) is 2.51. The van der Waals surface area contributed by atoms with Crippen LogP contribution < -0.4 is 0 Å². The third-order valence-corrected chi connectivity index (χ3v) is 3.34. The zero-order valence-corrected chi connectivity index (χ0v) is 9.15. The van der Waals surface area contributed by atoms with Crippen LogP contribution in [0.5, 0.6) is 0 Å². The van der Waals surface area contributed by atoms with Crippen LogP contribution in [0.1, 0.15) is 49.1 Å². The second-order valence-electron chi connectivity index (χ2n) is 4.06. The Bertz CT molecular complexity index is 294. The molecule has 0 nitrogen and oxygen atoms in total. The van der Waals surface area contributed by atoms with Gasteiger partial charge in [-0.2, -0.15) is 0 Å². The highest BCUT2D eigenvalue weighted by Crippen LogP contribution is 2.32. The maximum absolute atomic E-state index is 4.77. The summed E-state index contributed by atoms with van der Waals surface area (Å²) < 4.78 is 0. The van der Waals surface area contributed by atoms with Gasteiger partial charge in [-0.1, -0.05) is 55.7 Å². The third kappa shape index (κ3) is 2.21. The molecule has 0 N–H and O–H groups in total. The summed E-state index contributed by atoms with van der Waals surface area (Å²) in [4.78, 5) is 0. The smallest absolute Gasteiger partial charge is 0.0636 e. The van der Waals surface area contributed by atoms with Gasteiger partial charge >= 0.3 is 0 Å². The third-order valence-electron chi connectivity index (χ3n) is 3.11. The summed E-state index contributed by atoms with van der Waals surface area (Å²) in [5.74, 6) is 0.794. The monoisotopic (exact) mass is 203 g/mol. The van der Waals surface area contributed by atoms with Crippen molar-refractivity contribution in [3.8, 4) is 0 Å². The van der Waals surface area contributed by atoms with E-state index in [4.69, 9.17) is 12.2 Å². The Morgan fingerprint density at radius 3 is 2.21 bits per heavy atom. The van der Waals surface area contributed by atoms with Gasteiger partial charge in [0.25, 0.3) is 0 Å². The Morgan fingerprint density at radius 2 is 1.64 bits per heavy atom. The van der Waals surface area contributed by atoms with Crippen molar-refractivity contribution >= 4 is 17.6 Å². The van der Waals surface area contributed by atoms with E-state index in [-0.39, 0.29) is 0 Å². The van der Waals surface area contributed by atoms with Crippen molar-refractivity contribution in [1.82, 2.24) is 0 Å². The van der Waals surface area contributed by atoms with Crippen LogP contribution >= 0.6 is 12.2 Å². The molecule has 1 heteroatoms. The van der Waals surface area contributed by atoms with Crippen molar-refractivity contribution < 1.29 is 0 Å². The molecule has 0 saturated heterocycles. The molecule has 0 amide bonds. The highest BCUT2D eigenvalue weighted by Gasteiger charge is 2.14. The van der Waals surface area contributed by atoms with E-state index in [0.29, 0.717) is 0 Å². The van der Waals surface area contributed by atoms with Gasteiger partial charge in [0.15, 0.2) is 0 Å². The first kappa shape index (κ1) is 9.85. The molecule has 1 aromatic carbocycles. The molecule has 1 aliphatic carbocycles. The molecule has 0 aromatic heterocycles. The van der Waals surface area contributed by atoms with Crippen LogP contribution in [0, 0.1) is 0 Å². The molecule has 0 unspecified atom stereocenters. The number of rotatable bonds is 2. The maximum Gasteiger partial charge on any atom is 0.0636 e. The van der Waals surface area contributed by atoms with Crippen LogP contribution in [0.3, 0.4) is 0 Å². The van der Waals surface area contributed by atoms with Gasteiger partial charge in [-0.3, -0.25) is 0 Å². The van der Waals surface area contributed by atoms with E-state index in [9.17, 15) is 0 Å². The zero-order valence-electron chi connectivity index (χ0n) is 8.33. The minimum absolute atomic E-state index is 0.794. The minimum atomic E-state index is 0.794. The zero-order chi connectivity index (χ0) is 9.80. The van der Waals surface area contributed by atoms with Gasteiger partial charge in [-0.25, -0.2) is 0 Å². The van der Waals surface area contributed by atoms with E-state index in [1.165, 1.54) is 37.7 Å². The quantitative estimate of drug-likeness (QED) is 0.656. The van der Waals surface area contributed by atoms with Crippen LogP contribution in [0.4, 0.5) is 0 Å². The lowest BCUT2D eigenvalue weighted by atomic mass is 9.84. The van der Waals surface area contributed by atoms with Gasteiger partial charge in [0, 0.05) is 0 Å². The Hall–Kier alpha value is -0.690. The van der Waals surface area contributed by atoms with E-state index in [2.05, 4.69) is 29.6 Å². The molecule has 73 valence electrons. The summed E-state index contributed by atoms with van der Waals surface area (Å²) in [5, 5.41) is 2.74. The average molecular weight is 203 g/mol. The summed E-state index contributed by atoms with van der Waals surface area (Å²) >= 11 is 4.77. The fraction of sp³-hybridized carbons (Fsp3) is 0.462. The second-order valence-corrected chi connectivity index (χ2v) is 4.26. The maximum atomic E-state index is 4.77. The van der Waals surface area contributed by atoms with Crippen LogP contribution in [-0.4, -0.2) is 5.37 Å². The molecular formula is C13H15S. The molecule has 14 heavy (non-hydrogen) atoms. The molecule has 0 bridgehead atoms. The van der Waals surface area contributed by atoms with Crippen LogP contribution in [-0.2, 0) is 0 Å². The van der Waals surface area contributed by atoms with Gasteiger partial charge in [-0.05, 0) is 29.9 Å². The van der Waals surface area contributed by atoms with E-state index >= 15 is 0 Å². The second kappa shape index (κ2) is 4.70. The first-order valence-corrected chi connectivity index (χ1v) is 5.79. The van der Waals surface area contributed by atoms with Crippen molar-refractivity contribution in [2.24, 2.45) is 0 Å². The number of benzene rings is 1. The fourth-order valence-corrected chi connectivity index (χ4v) is 2.40. The molecule has 1 aliphatic rings. The molecule has 1 fully saturated rings. The van der Waals surface area contributed by atoms with Crippen LogP contribution in [0.15, 0.2) is 24.3 Å². The first-order valence-electron chi connectivity index (χ1n) is 5.38. The number of hydrogen-bond acceptors (Lipinski definition) is 1. The van der Waals surface area contributed by atoms with Gasteiger partial charge in [-0.15, -0.1) is 0 Å². The highest BCUT2D eigenvalue weighted by atomic mass is 32.1. The Kier molecular flexibility index (Phi) is 3.30. The number of thiocarbonyl (C=S) groups is 1. The van der Waals surface area contributed by atoms with Gasteiger partial charge in [0.2, 0.25) is 0 Å². The molecule has 1 aromatic rings. The molecule has 0 heterocycles. The molecule has 0 atom stereocenters. The molecule has 1 saturated carbocycles. The summed E-state index contributed by atoms with van der Waals surface area (Å²) in [6, 6.07) is 8.59. The fourth-order valence-electron chi connectivity index (χ4n) is 2.26. The SMILES string of the molecule is S=[C]c1ccc(C2CCCCC2)cc1. The lowest BCUT2D eigenvalue weighted by molar-refractivity contribution is 0.443. The van der Waals surface area contributed by atoms with E-state index in [1.54, 1.807) is 0 Å². The predicted molar refractivity (Wildman–Crippen MR) is 64.0 cm³/mol. The van der Waals surface area contributed by atoms with Gasteiger partial charge in [0.1, 0.15) is 0 Å². The van der Waals surface area contributed by atoms with Gasteiger partial charge in [0.05, 0.1) is 5.37 Å². The first-order chi connectivity index (χ1) is 6.90. The molecule has 2 rings (SSSR count). The summed E-state index contributed by atoms with van der Waals surface area (Å²) in [6.07, 6.45) is 6.93. The topological polar surface area (TPSA) is 0 Å². The van der Waals surface area contributed by atoms with Crippen molar-refractivity contribution in [2.45, 2.75) is 38.0 Å². The highest BCUT2D eigenvalue weighted by molar-refractivity contribution is 7.79. The molecule has 0 aliphatic heterocycles. The largest absolute Gasteiger partial charge is 0.0778 e. The van der Waals surface area contributed by atoms with Crippen molar-refractivity contribution in [1.29, 1.82) is 0 Å². The van der Waals surface area contributed by atoms with E-state index < -0.39 is 0 Å². The Morgan fingerprint density at radius 1 is 1.00 bits per heavy atom.